The number of aromatic hydroxyl groups is 1. The van der Waals surface area contributed by atoms with Gasteiger partial charge in [0.1, 0.15) is 5.75 Å². The predicted molar refractivity (Wildman–Crippen MR) is 109 cm³/mol. The van der Waals surface area contributed by atoms with Gasteiger partial charge in [0.25, 0.3) is 5.91 Å². The summed E-state index contributed by atoms with van der Waals surface area (Å²) >= 11 is 6.63. The lowest BCUT2D eigenvalue weighted by atomic mass is 9.99. The van der Waals surface area contributed by atoms with Crippen LogP contribution < -0.4 is 5.32 Å². The Bertz CT molecular complexity index is 1030. The number of nitrogens with zero attached hydrogens (tertiary/aromatic N) is 1. The first kappa shape index (κ1) is 17.9. The van der Waals surface area contributed by atoms with E-state index in [0.717, 1.165) is 27.7 Å². The van der Waals surface area contributed by atoms with Crippen molar-refractivity contribution in [1.82, 2.24) is 4.98 Å². The normalized spacial score (nSPS) is 14.3. The molecule has 2 N–H and O–H groups in total. The van der Waals surface area contributed by atoms with Crippen molar-refractivity contribution < 1.29 is 9.90 Å². The molecule has 4 nitrogen and oxygen atoms in total. The molecule has 1 aliphatic rings. The van der Waals surface area contributed by atoms with Crippen LogP contribution in [0.4, 0.5) is 5.69 Å². The van der Waals surface area contributed by atoms with Crippen molar-refractivity contribution in [1.29, 1.82) is 0 Å². The van der Waals surface area contributed by atoms with Gasteiger partial charge in [0.2, 0.25) is 0 Å². The van der Waals surface area contributed by atoms with Gasteiger partial charge < -0.3 is 10.4 Å². The zero-order chi connectivity index (χ0) is 16.8. The largest absolute Gasteiger partial charge is 0.506 e. The molecule has 0 fully saturated rings. The third-order valence-corrected chi connectivity index (χ3v) is 5.11. The van der Waals surface area contributed by atoms with E-state index >= 15 is 0 Å². The van der Waals surface area contributed by atoms with Gasteiger partial charge in [-0.15, -0.1) is 12.4 Å². The second-order valence-electron chi connectivity index (χ2n) is 5.40. The summed E-state index contributed by atoms with van der Waals surface area (Å²) in [4.78, 5) is 16.8. The summed E-state index contributed by atoms with van der Waals surface area (Å²) < 4.78 is 1.11. The number of pyridine rings is 1. The van der Waals surface area contributed by atoms with Crippen LogP contribution in [-0.4, -0.2) is 16.0 Å². The fraction of sp³-hybridized carbons (Fsp3) is 0. The van der Waals surface area contributed by atoms with E-state index in [1.165, 1.54) is 0 Å². The molecule has 3 aromatic rings. The van der Waals surface area contributed by atoms with E-state index in [4.69, 9.17) is 0 Å². The summed E-state index contributed by atoms with van der Waals surface area (Å²) in [5.74, 6) is -0.0234. The fourth-order valence-corrected chi connectivity index (χ4v) is 4.04. The number of aromatic nitrogens is 1. The lowest BCUT2D eigenvalue weighted by Crippen LogP contribution is -2.03. The second kappa shape index (κ2) is 6.78. The minimum absolute atomic E-state index is 0. The van der Waals surface area contributed by atoms with Gasteiger partial charge in [-0.25, -0.2) is 0 Å². The summed E-state index contributed by atoms with van der Waals surface area (Å²) in [7, 11) is 0. The molecule has 126 valence electrons. The Morgan fingerprint density at radius 2 is 1.84 bits per heavy atom. The number of phenolic OH excluding ortho intramolecular Hbond substituents is 1. The predicted octanol–water partition coefficient (Wildman–Crippen LogP) is 5.38. The maximum absolute atomic E-state index is 12.4. The molecule has 0 saturated carbocycles. The molecular weight excluding hydrogens is 471 g/mol. The van der Waals surface area contributed by atoms with Crippen LogP contribution >= 0.6 is 44.3 Å². The summed E-state index contributed by atoms with van der Waals surface area (Å²) in [5.41, 5.74) is 3.85. The Morgan fingerprint density at radius 1 is 1.12 bits per heavy atom. The molecule has 7 heteroatoms. The lowest BCUT2D eigenvalue weighted by Gasteiger charge is -2.06. The number of carbonyl (C=O) groups is 1. The number of halogens is 3. The Hall–Kier alpha value is -1.89. The number of hydrogen-bond donors (Lipinski definition) is 2. The molecule has 2 aromatic carbocycles. The Labute approximate surface area is 166 Å². The highest BCUT2D eigenvalue weighted by atomic mass is 79.9. The number of hydrogen-bond acceptors (Lipinski definition) is 3. The maximum atomic E-state index is 12.4. The van der Waals surface area contributed by atoms with E-state index in [2.05, 4.69) is 42.2 Å². The van der Waals surface area contributed by atoms with Crippen LogP contribution in [0.5, 0.6) is 5.75 Å². The first-order chi connectivity index (χ1) is 11.5. The molecule has 1 amide bonds. The van der Waals surface area contributed by atoms with E-state index in [0.29, 0.717) is 14.5 Å². The van der Waals surface area contributed by atoms with Gasteiger partial charge in [-0.05, 0) is 73.8 Å². The molecule has 1 aliphatic heterocycles. The molecule has 0 unspecified atom stereocenters. The average Bonchev–Trinajstić information content (AvgIpc) is 2.89. The smallest absolute Gasteiger partial charge is 0.256 e. The van der Waals surface area contributed by atoms with Crippen LogP contribution in [0.1, 0.15) is 11.1 Å². The molecule has 0 bridgehead atoms. The van der Waals surface area contributed by atoms with Gasteiger partial charge in [0.15, 0.2) is 0 Å². The van der Waals surface area contributed by atoms with Crippen LogP contribution in [0.25, 0.3) is 22.6 Å². The SMILES string of the molecule is Cl.O=C1Nc2ccc3ncccc3c2C1=Cc1cc(Br)c(O)c(Br)c1. The highest BCUT2D eigenvalue weighted by Gasteiger charge is 2.26. The molecule has 0 saturated heterocycles. The molecule has 0 atom stereocenters. The van der Waals surface area contributed by atoms with E-state index in [1.54, 1.807) is 18.3 Å². The maximum Gasteiger partial charge on any atom is 0.256 e. The number of amides is 1. The summed E-state index contributed by atoms with van der Waals surface area (Å²) in [5, 5.41) is 13.7. The van der Waals surface area contributed by atoms with Gasteiger partial charge in [0.05, 0.1) is 20.0 Å². The number of fused-ring (bicyclic) bond motifs is 3. The highest BCUT2D eigenvalue weighted by molar-refractivity contribution is 9.11. The Balaban J connectivity index is 0.00000182. The first-order valence-electron chi connectivity index (χ1n) is 7.14. The van der Waals surface area contributed by atoms with Crippen molar-refractivity contribution in [2.24, 2.45) is 0 Å². The lowest BCUT2D eigenvalue weighted by molar-refractivity contribution is -0.110. The topological polar surface area (TPSA) is 62.2 Å². The Kier molecular flexibility index (Phi) is 4.86. The molecule has 0 aliphatic carbocycles. The molecule has 25 heavy (non-hydrogen) atoms. The number of nitrogens with one attached hydrogen (secondary N) is 1. The number of benzene rings is 2. The van der Waals surface area contributed by atoms with Crippen molar-refractivity contribution in [2.45, 2.75) is 0 Å². The zero-order valence-corrected chi connectivity index (χ0v) is 16.6. The molecule has 4 rings (SSSR count). The summed E-state index contributed by atoms with van der Waals surface area (Å²) in [6.07, 6.45) is 3.54. The van der Waals surface area contributed by atoms with Crippen LogP contribution in [-0.2, 0) is 4.79 Å². The van der Waals surface area contributed by atoms with Crippen LogP contribution in [0.2, 0.25) is 0 Å². The quantitative estimate of drug-likeness (QED) is 0.458. The monoisotopic (exact) mass is 480 g/mol. The van der Waals surface area contributed by atoms with Crippen molar-refractivity contribution in [3.63, 3.8) is 0 Å². The molecule has 0 radical (unpaired) electrons. The van der Waals surface area contributed by atoms with Crippen molar-refractivity contribution in [2.75, 3.05) is 5.32 Å². The summed E-state index contributed by atoms with van der Waals surface area (Å²) in [6, 6.07) is 11.1. The van der Waals surface area contributed by atoms with E-state index < -0.39 is 0 Å². The van der Waals surface area contributed by atoms with E-state index in [9.17, 15) is 9.90 Å². The first-order valence-corrected chi connectivity index (χ1v) is 8.72. The number of rotatable bonds is 1. The molecule has 2 heterocycles. The van der Waals surface area contributed by atoms with Crippen LogP contribution in [0.3, 0.4) is 0 Å². The van der Waals surface area contributed by atoms with Gasteiger partial charge in [-0.2, -0.15) is 0 Å². The zero-order valence-electron chi connectivity index (χ0n) is 12.6. The van der Waals surface area contributed by atoms with E-state index in [1.807, 2.05) is 30.3 Å². The van der Waals surface area contributed by atoms with Gasteiger partial charge in [0, 0.05) is 22.8 Å². The van der Waals surface area contributed by atoms with Crippen molar-refractivity contribution >= 4 is 78.4 Å². The van der Waals surface area contributed by atoms with Crippen molar-refractivity contribution in [3.05, 3.63) is 62.7 Å². The highest BCUT2D eigenvalue weighted by Crippen LogP contribution is 2.39. The van der Waals surface area contributed by atoms with Crippen LogP contribution in [0, 0.1) is 0 Å². The second-order valence-corrected chi connectivity index (χ2v) is 7.11. The summed E-state index contributed by atoms with van der Waals surface area (Å²) in [6.45, 7) is 0. The Morgan fingerprint density at radius 3 is 2.56 bits per heavy atom. The standard InChI is InChI=1S/C18H10Br2N2O2.ClH/c19-12-7-9(8-13(20)17(12)23)6-11-16-10-2-1-5-21-14(10)3-4-15(16)22-18(11)24;/h1-8,23H,(H,22,24);1H. The number of anilines is 1. The third kappa shape index (κ3) is 3.05. The van der Waals surface area contributed by atoms with Gasteiger partial charge in [-0.1, -0.05) is 6.07 Å². The van der Waals surface area contributed by atoms with Gasteiger partial charge >= 0.3 is 0 Å². The van der Waals surface area contributed by atoms with Gasteiger partial charge in [-0.3, -0.25) is 9.78 Å². The molecular formula is C18H11Br2ClN2O2. The molecule has 0 spiro atoms. The van der Waals surface area contributed by atoms with Crippen molar-refractivity contribution in [3.8, 4) is 5.75 Å². The van der Waals surface area contributed by atoms with Crippen LogP contribution in [0.15, 0.2) is 51.5 Å². The average molecular weight is 483 g/mol. The van der Waals surface area contributed by atoms with E-state index in [-0.39, 0.29) is 24.1 Å². The fourth-order valence-electron chi connectivity index (χ4n) is 2.82. The number of phenols is 1. The number of carbonyl (C=O) groups excluding carboxylic acids is 1. The minimum Gasteiger partial charge on any atom is -0.506 e. The minimum atomic E-state index is -0.151. The third-order valence-electron chi connectivity index (χ3n) is 3.90. The molecule has 1 aromatic heterocycles.